The van der Waals surface area contributed by atoms with Crippen LogP contribution in [0.25, 0.3) is 0 Å². The molecule has 1 rings (SSSR count). The summed E-state index contributed by atoms with van der Waals surface area (Å²) in [7, 11) is 0. The Balaban J connectivity index is 2.08. The third-order valence-electron chi connectivity index (χ3n) is 2.44. The molecule has 0 aliphatic carbocycles. The molecule has 16 heavy (non-hydrogen) atoms. The van der Waals surface area contributed by atoms with Crippen LogP contribution in [0.2, 0.25) is 0 Å². The Morgan fingerprint density at radius 2 is 2.12 bits per heavy atom. The summed E-state index contributed by atoms with van der Waals surface area (Å²) in [5.41, 5.74) is 5.49. The molecule has 0 aromatic carbocycles. The average Bonchev–Trinajstić information content (AvgIpc) is 2.68. The molecule has 0 saturated carbocycles. The van der Waals surface area contributed by atoms with E-state index in [1.165, 1.54) is 37.0 Å². The third-order valence-corrected chi connectivity index (χ3v) is 3.16. The van der Waals surface area contributed by atoms with E-state index in [1.807, 2.05) is 0 Å². The van der Waals surface area contributed by atoms with E-state index in [1.54, 1.807) is 0 Å². The molecule has 0 fully saturated rings. The van der Waals surface area contributed by atoms with Gasteiger partial charge >= 0.3 is 0 Å². The van der Waals surface area contributed by atoms with E-state index in [-0.39, 0.29) is 0 Å². The van der Waals surface area contributed by atoms with E-state index in [4.69, 9.17) is 10.5 Å². The fraction of sp³-hybridized carbons (Fsp3) is 0.818. The summed E-state index contributed by atoms with van der Waals surface area (Å²) < 4.78 is 5.67. The van der Waals surface area contributed by atoms with Gasteiger partial charge in [-0.15, -0.1) is 10.2 Å². The Morgan fingerprint density at radius 1 is 1.31 bits per heavy atom. The van der Waals surface area contributed by atoms with Gasteiger partial charge in [-0.1, -0.05) is 43.9 Å². The third kappa shape index (κ3) is 5.42. The van der Waals surface area contributed by atoms with E-state index in [2.05, 4.69) is 24.0 Å². The number of hydrogen-bond acceptors (Lipinski definition) is 5. The predicted octanol–water partition coefficient (Wildman–Crippen LogP) is 3.00. The maximum absolute atomic E-state index is 5.67. The standard InChI is InChI=1S/C11H21N3OS/c1-3-4-5-6-7-9(2)15-8-10-13-14-11(12)16-10/h9H,3-8H2,1-2H3,(H2,12,14). The molecule has 1 unspecified atom stereocenters. The summed E-state index contributed by atoms with van der Waals surface area (Å²) in [4.78, 5) is 0. The summed E-state index contributed by atoms with van der Waals surface area (Å²) in [5.74, 6) is 0. The van der Waals surface area contributed by atoms with E-state index in [0.29, 0.717) is 17.8 Å². The first-order chi connectivity index (χ1) is 7.72. The number of nitrogens with zero attached hydrogens (tertiary/aromatic N) is 2. The highest BCUT2D eigenvalue weighted by Gasteiger charge is 2.05. The molecule has 1 heterocycles. The molecule has 0 amide bonds. The first kappa shape index (κ1) is 13.4. The van der Waals surface area contributed by atoms with Gasteiger partial charge in [0, 0.05) is 0 Å². The van der Waals surface area contributed by atoms with Gasteiger partial charge in [-0.3, -0.25) is 0 Å². The maximum Gasteiger partial charge on any atom is 0.203 e. The Labute approximate surface area is 101 Å². The number of anilines is 1. The molecule has 0 spiro atoms. The van der Waals surface area contributed by atoms with E-state index < -0.39 is 0 Å². The van der Waals surface area contributed by atoms with E-state index in [0.717, 1.165) is 11.4 Å². The van der Waals surface area contributed by atoms with E-state index in [9.17, 15) is 0 Å². The van der Waals surface area contributed by atoms with Gasteiger partial charge in [0.05, 0.1) is 6.10 Å². The van der Waals surface area contributed by atoms with Gasteiger partial charge in [0.15, 0.2) is 0 Å². The minimum Gasteiger partial charge on any atom is -0.374 e. The van der Waals surface area contributed by atoms with Gasteiger partial charge in [-0.25, -0.2) is 0 Å². The van der Waals surface area contributed by atoms with Crippen molar-refractivity contribution < 1.29 is 4.74 Å². The summed E-state index contributed by atoms with van der Waals surface area (Å²) >= 11 is 1.39. The van der Waals surface area contributed by atoms with Gasteiger partial charge in [0.1, 0.15) is 11.6 Å². The van der Waals surface area contributed by atoms with Crippen molar-refractivity contribution in [3.05, 3.63) is 5.01 Å². The smallest absolute Gasteiger partial charge is 0.203 e. The zero-order valence-corrected chi connectivity index (χ0v) is 10.9. The number of hydrogen-bond donors (Lipinski definition) is 1. The molecule has 0 bridgehead atoms. The van der Waals surface area contributed by atoms with Crippen LogP contribution in [-0.2, 0) is 11.3 Å². The molecule has 1 atom stereocenters. The zero-order chi connectivity index (χ0) is 11.8. The molecule has 0 saturated heterocycles. The van der Waals surface area contributed by atoms with Gasteiger partial charge in [-0.05, 0) is 13.3 Å². The normalized spacial score (nSPS) is 12.9. The van der Waals surface area contributed by atoms with Crippen molar-refractivity contribution in [1.29, 1.82) is 0 Å². The second-order valence-corrected chi connectivity index (χ2v) is 5.10. The van der Waals surface area contributed by atoms with Gasteiger partial charge < -0.3 is 10.5 Å². The second-order valence-electron chi connectivity index (χ2n) is 4.00. The fourth-order valence-corrected chi connectivity index (χ4v) is 2.01. The highest BCUT2D eigenvalue weighted by Crippen LogP contribution is 2.14. The molecule has 92 valence electrons. The minimum absolute atomic E-state index is 0.294. The lowest BCUT2D eigenvalue weighted by atomic mass is 10.1. The maximum atomic E-state index is 5.67. The van der Waals surface area contributed by atoms with Crippen molar-refractivity contribution in [1.82, 2.24) is 10.2 Å². The van der Waals surface area contributed by atoms with Crippen LogP contribution in [0.4, 0.5) is 5.13 Å². The number of nitrogen functional groups attached to an aromatic ring is 1. The van der Waals surface area contributed by atoms with Crippen LogP contribution in [0.15, 0.2) is 0 Å². The van der Waals surface area contributed by atoms with Crippen LogP contribution < -0.4 is 5.73 Å². The highest BCUT2D eigenvalue weighted by atomic mass is 32.1. The second kappa shape index (κ2) is 7.57. The molecule has 0 aliphatic heterocycles. The highest BCUT2D eigenvalue weighted by molar-refractivity contribution is 7.15. The minimum atomic E-state index is 0.294. The molecule has 0 aliphatic rings. The molecular weight excluding hydrogens is 222 g/mol. The first-order valence-corrected chi connectivity index (χ1v) is 6.73. The number of aromatic nitrogens is 2. The van der Waals surface area contributed by atoms with Crippen molar-refractivity contribution in [3.8, 4) is 0 Å². The molecule has 1 aromatic rings. The van der Waals surface area contributed by atoms with Crippen LogP contribution in [0.3, 0.4) is 0 Å². The van der Waals surface area contributed by atoms with Crippen molar-refractivity contribution >= 4 is 16.5 Å². The lowest BCUT2D eigenvalue weighted by Gasteiger charge is -2.11. The van der Waals surface area contributed by atoms with Crippen molar-refractivity contribution in [2.24, 2.45) is 0 Å². The van der Waals surface area contributed by atoms with E-state index >= 15 is 0 Å². The predicted molar refractivity (Wildman–Crippen MR) is 67.3 cm³/mol. The monoisotopic (exact) mass is 243 g/mol. The molecule has 5 heteroatoms. The zero-order valence-electron chi connectivity index (χ0n) is 10.1. The molecule has 4 nitrogen and oxygen atoms in total. The first-order valence-electron chi connectivity index (χ1n) is 5.91. The molecule has 2 N–H and O–H groups in total. The number of nitrogens with two attached hydrogens (primary N) is 1. The van der Waals surface area contributed by atoms with Crippen molar-refractivity contribution in [3.63, 3.8) is 0 Å². The number of rotatable bonds is 8. The number of ether oxygens (including phenoxy) is 1. The summed E-state index contributed by atoms with van der Waals surface area (Å²) in [6, 6.07) is 0. The molecule has 1 aromatic heterocycles. The molecular formula is C11H21N3OS. The summed E-state index contributed by atoms with van der Waals surface area (Å²) in [6.07, 6.45) is 6.55. The summed E-state index contributed by atoms with van der Waals surface area (Å²) in [5, 5.41) is 9.03. The van der Waals surface area contributed by atoms with Crippen LogP contribution >= 0.6 is 11.3 Å². The summed E-state index contributed by atoms with van der Waals surface area (Å²) in [6.45, 7) is 4.86. The van der Waals surface area contributed by atoms with Crippen molar-refractivity contribution in [2.45, 2.75) is 58.7 Å². The quantitative estimate of drug-likeness (QED) is 0.713. The largest absolute Gasteiger partial charge is 0.374 e. The van der Waals surface area contributed by atoms with Gasteiger partial charge in [0.25, 0.3) is 0 Å². The Kier molecular flexibility index (Phi) is 6.33. The van der Waals surface area contributed by atoms with Crippen LogP contribution in [0, 0.1) is 0 Å². The average molecular weight is 243 g/mol. The lowest BCUT2D eigenvalue weighted by molar-refractivity contribution is 0.0455. The molecule has 0 radical (unpaired) electrons. The van der Waals surface area contributed by atoms with Crippen molar-refractivity contribution in [2.75, 3.05) is 5.73 Å². The topological polar surface area (TPSA) is 61.0 Å². The lowest BCUT2D eigenvalue weighted by Crippen LogP contribution is -2.07. The van der Waals surface area contributed by atoms with Gasteiger partial charge in [-0.2, -0.15) is 0 Å². The Bertz CT molecular complexity index is 291. The number of unbranched alkanes of at least 4 members (excludes halogenated alkanes) is 3. The SMILES string of the molecule is CCCCCCC(C)OCc1nnc(N)s1. The van der Waals surface area contributed by atoms with Crippen LogP contribution in [-0.4, -0.2) is 16.3 Å². The van der Waals surface area contributed by atoms with Crippen LogP contribution in [0.5, 0.6) is 0 Å². The fourth-order valence-electron chi connectivity index (χ4n) is 1.48. The Morgan fingerprint density at radius 3 is 2.75 bits per heavy atom. The van der Waals surface area contributed by atoms with Crippen LogP contribution in [0.1, 0.15) is 51.0 Å². The van der Waals surface area contributed by atoms with Gasteiger partial charge in [0.2, 0.25) is 5.13 Å². The Hall–Kier alpha value is -0.680.